The lowest BCUT2D eigenvalue weighted by atomic mass is 10.1. The van der Waals surface area contributed by atoms with Crippen LogP contribution >= 0.6 is 11.6 Å². The molecule has 3 nitrogen and oxygen atoms in total. The molecule has 1 aromatic rings. The van der Waals surface area contributed by atoms with Crippen molar-refractivity contribution in [2.45, 2.75) is 25.0 Å². The fourth-order valence-electron chi connectivity index (χ4n) is 1.28. The molecule has 0 aliphatic heterocycles. The number of hydrogen-bond acceptors (Lipinski definition) is 3. The smallest absolute Gasteiger partial charge is 0.403 e. The minimum absolute atomic E-state index is 0.184. The second kappa shape index (κ2) is 5.41. The monoisotopic (exact) mass is 309 g/mol. The van der Waals surface area contributed by atoms with Crippen LogP contribution in [-0.2, 0) is 18.7 Å². The first-order valence-corrected chi connectivity index (χ1v) is 5.14. The molecule has 0 amide bonds. The van der Waals surface area contributed by atoms with Crippen LogP contribution in [0.25, 0.3) is 0 Å². The van der Waals surface area contributed by atoms with Crippen LogP contribution in [-0.4, -0.2) is 16.5 Å². The summed E-state index contributed by atoms with van der Waals surface area (Å²) in [5.41, 5.74) is -2.76. The molecule has 0 fully saturated rings. The van der Waals surface area contributed by atoms with Gasteiger partial charge >= 0.3 is 12.5 Å². The molecule has 10 heteroatoms. The molecule has 1 rings (SSSR count). The van der Waals surface area contributed by atoms with Crippen molar-refractivity contribution in [1.29, 1.82) is 0 Å². The first-order chi connectivity index (χ1) is 8.60. The fourth-order valence-corrected chi connectivity index (χ4v) is 1.51. The van der Waals surface area contributed by atoms with Crippen molar-refractivity contribution in [3.8, 4) is 5.75 Å². The summed E-state index contributed by atoms with van der Waals surface area (Å²) in [4.78, 5) is 2.87. The Bertz CT molecular complexity index is 459. The van der Waals surface area contributed by atoms with Gasteiger partial charge in [0, 0.05) is 17.6 Å². The van der Waals surface area contributed by atoms with Crippen molar-refractivity contribution < 1.29 is 36.2 Å². The van der Waals surface area contributed by atoms with Gasteiger partial charge in [0.2, 0.25) is 0 Å². The molecule has 0 saturated heterocycles. The van der Waals surface area contributed by atoms with Gasteiger partial charge in [-0.3, -0.25) is 0 Å². The molecule has 0 radical (unpaired) electrons. The Morgan fingerprint density at radius 2 is 1.79 bits per heavy atom. The predicted octanol–water partition coefficient (Wildman–Crippen LogP) is 3.23. The summed E-state index contributed by atoms with van der Waals surface area (Å²) >= 11 is 5.35. The molecule has 0 spiro atoms. The summed E-state index contributed by atoms with van der Waals surface area (Å²) in [5, 5.41) is 8.92. The van der Waals surface area contributed by atoms with Gasteiger partial charge in [0.15, 0.2) is 11.4 Å². The molecular formula is C9H6ClF6NO2. The van der Waals surface area contributed by atoms with Crippen LogP contribution < -0.4 is 4.74 Å². The zero-order valence-corrected chi connectivity index (χ0v) is 9.70. The maximum Gasteiger partial charge on any atom is 0.573 e. The third kappa shape index (κ3) is 3.87. The van der Waals surface area contributed by atoms with E-state index in [9.17, 15) is 26.3 Å². The van der Waals surface area contributed by atoms with Gasteiger partial charge in [-0.25, -0.2) is 4.98 Å². The summed E-state index contributed by atoms with van der Waals surface area (Å²) in [5.74, 6) is -2.00. The molecule has 1 heterocycles. The van der Waals surface area contributed by atoms with Crippen LogP contribution in [0.15, 0.2) is 6.20 Å². The van der Waals surface area contributed by atoms with Crippen molar-refractivity contribution in [2.24, 2.45) is 0 Å². The first-order valence-electron chi connectivity index (χ1n) is 4.60. The van der Waals surface area contributed by atoms with Crippen LogP contribution in [0.2, 0.25) is 0 Å². The van der Waals surface area contributed by atoms with Crippen LogP contribution in [0.3, 0.4) is 0 Å². The highest BCUT2D eigenvalue weighted by Crippen LogP contribution is 2.40. The molecule has 0 aliphatic carbocycles. The number of aromatic nitrogens is 1. The average molecular weight is 310 g/mol. The van der Waals surface area contributed by atoms with E-state index in [0.717, 1.165) is 0 Å². The van der Waals surface area contributed by atoms with Crippen molar-refractivity contribution in [3.05, 3.63) is 23.0 Å². The number of nitrogens with zero attached hydrogens (tertiary/aromatic N) is 1. The van der Waals surface area contributed by atoms with E-state index in [1.807, 2.05) is 0 Å². The van der Waals surface area contributed by atoms with E-state index < -0.39 is 42.0 Å². The number of aliphatic hydroxyl groups excluding tert-OH is 1. The van der Waals surface area contributed by atoms with E-state index in [-0.39, 0.29) is 5.56 Å². The van der Waals surface area contributed by atoms with Gasteiger partial charge in [-0.15, -0.1) is 24.8 Å². The summed E-state index contributed by atoms with van der Waals surface area (Å²) in [6.07, 6.45) is -9.86. The molecule has 0 atom stereocenters. The summed E-state index contributed by atoms with van der Waals surface area (Å²) < 4.78 is 77.4. The number of pyridine rings is 1. The Morgan fingerprint density at radius 1 is 1.21 bits per heavy atom. The van der Waals surface area contributed by atoms with Crippen molar-refractivity contribution >= 4 is 11.6 Å². The highest BCUT2D eigenvalue weighted by Gasteiger charge is 2.42. The predicted molar refractivity (Wildman–Crippen MR) is 51.4 cm³/mol. The minimum atomic E-state index is -5.35. The van der Waals surface area contributed by atoms with Crippen LogP contribution in [0, 0.1) is 0 Å². The Balaban J connectivity index is 3.49. The number of alkyl halides is 7. The second-order valence-corrected chi connectivity index (χ2v) is 3.54. The summed E-state index contributed by atoms with van der Waals surface area (Å²) in [7, 11) is 0. The normalized spacial score (nSPS) is 12.6. The maximum absolute atomic E-state index is 12.6. The van der Waals surface area contributed by atoms with E-state index in [1.165, 1.54) is 0 Å². The van der Waals surface area contributed by atoms with Gasteiger partial charge in [0.05, 0.1) is 6.61 Å². The second-order valence-electron chi connectivity index (χ2n) is 3.28. The standard InChI is InChI=1S/C9H6ClF6NO2/c10-1-4-2-17-7(8(11,12)13)6(5(4)3-18)19-9(14,15)16/h2,18H,1,3H2. The Hall–Kier alpha value is -1.22. The minimum Gasteiger partial charge on any atom is -0.403 e. The summed E-state index contributed by atoms with van der Waals surface area (Å²) in [6.45, 7) is -1.10. The van der Waals surface area contributed by atoms with Gasteiger partial charge in [-0.1, -0.05) is 0 Å². The zero-order chi connectivity index (χ0) is 14.8. The number of aliphatic hydroxyl groups is 1. The van der Waals surface area contributed by atoms with Crippen LogP contribution in [0.1, 0.15) is 16.8 Å². The van der Waals surface area contributed by atoms with Gasteiger partial charge in [-0.05, 0) is 5.56 Å². The molecule has 0 aliphatic rings. The molecule has 108 valence electrons. The lowest BCUT2D eigenvalue weighted by Gasteiger charge is -2.18. The molecule has 0 unspecified atom stereocenters. The third-order valence-electron chi connectivity index (χ3n) is 2.01. The molecule has 1 N–H and O–H groups in total. The average Bonchev–Trinajstić information content (AvgIpc) is 2.24. The highest BCUT2D eigenvalue weighted by atomic mass is 35.5. The molecule has 0 saturated carbocycles. The molecule has 0 bridgehead atoms. The van der Waals surface area contributed by atoms with Crippen molar-refractivity contribution in [1.82, 2.24) is 4.98 Å². The number of halogens is 7. The number of ether oxygens (including phenoxy) is 1. The largest absolute Gasteiger partial charge is 0.573 e. The lowest BCUT2D eigenvalue weighted by molar-refractivity contribution is -0.277. The number of rotatable bonds is 3. The SMILES string of the molecule is OCc1c(CCl)cnc(C(F)(F)F)c1OC(F)(F)F. The Morgan fingerprint density at radius 3 is 2.16 bits per heavy atom. The fraction of sp³-hybridized carbons (Fsp3) is 0.444. The number of hydrogen-bond donors (Lipinski definition) is 1. The van der Waals surface area contributed by atoms with E-state index in [0.29, 0.717) is 6.20 Å². The van der Waals surface area contributed by atoms with E-state index in [1.54, 1.807) is 0 Å². The lowest BCUT2D eigenvalue weighted by Crippen LogP contribution is -2.23. The Kier molecular flexibility index (Phi) is 4.51. The van der Waals surface area contributed by atoms with Crippen LogP contribution in [0.4, 0.5) is 26.3 Å². The quantitative estimate of drug-likeness (QED) is 0.688. The van der Waals surface area contributed by atoms with Gasteiger partial charge in [0.25, 0.3) is 0 Å². The third-order valence-corrected chi connectivity index (χ3v) is 2.30. The zero-order valence-electron chi connectivity index (χ0n) is 8.94. The topological polar surface area (TPSA) is 42.4 Å². The molecular weight excluding hydrogens is 304 g/mol. The van der Waals surface area contributed by atoms with Crippen molar-refractivity contribution in [3.63, 3.8) is 0 Å². The maximum atomic E-state index is 12.6. The first kappa shape index (κ1) is 15.8. The van der Waals surface area contributed by atoms with Crippen LogP contribution in [0.5, 0.6) is 5.75 Å². The molecule has 1 aromatic heterocycles. The van der Waals surface area contributed by atoms with Gasteiger partial charge in [-0.2, -0.15) is 13.2 Å². The van der Waals surface area contributed by atoms with Gasteiger partial charge in [0.1, 0.15) is 0 Å². The van der Waals surface area contributed by atoms with Crippen molar-refractivity contribution in [2.75, 3.05) is 0 Å². The van der Waals surface area contributed by atoms with E-state index >= 15 is 0 Å². The Labute approximate surface area is 107 Å². The molecule has 0 aromatic carbocycles. The van der Waals surface area contributed by atoms with E-state index in [4.69, 9.17) is 16.7 Å². The highest BCUT2D eigenvalue weighted by molar-refractivity contribution is 6.17. The molecule has 19 heavy (non-hydrogen) atoms. The summed E-state index contributed by atoms with van der Waals surface area (Å²) in [6, 6.07) is 0. The van der Waals surface area contributed by atoms with Gasteiger partial charge < -0.3 is 9.84 Å². The van der Waals surface area contributed by atoms with E-state index in [2.05, 4.69) is 9.72 Å².